The Kier molecular flexibility index (Phi) is 3.30. The first-order valence-electron chi connectivity index (χ1n) is 5.50. The Bertz CT molecular complexity index is 532. The summed E-state index contributed by atoms with van der Waals surface area (Å²) in [5, 5.41) is 0.438. The largest absolute Gasteiger partial charge is 0.379 e. The summed E-state index contributed by atoms with van der Waals surface area (Å²) >= 11 is 1.45. The molecule has 0 spiro atoms. The second-order valence-corrected chi connectivity index (χ2v) is 5.50. The van der Waals surface area contributed by atoms with Crippen LogP contribution in [0.4, 0.5) is 4.39 Å². The second kappa shape index (κ2) is 4.61. The zero-order chi connectivity index (χ0) is 13.3. The number of benzene rings is 1. The molecule has 2 rings (SSSR count). The SMILES string of the molecule is C[C@@]1(c2cc(C(N)=O)ccc2F)CCSC(N)=N1. The van der Waals surface area contributed by atoms with Crippen LogP contribution in [0.3, 0.4) is 0 Å². The molecule has 1 aromatic carbocycles. The highest BCUT2D eigenvalue weighted by atomic mass is 32.2. The van der Waals surface area contributed by atoms with Gasteiger partial charge in [-0.3, -0.25) is 9.79 Å². The molecule has 0 radical (unpaired) electrons. The number of aliphatic imine (C=N–C) groups is 1. The van der Waals surface area contributed by atoms with Crippen molar-refractivity contribution in [3.63, 3.8) is 0 Å². The van der Waals surface area contributed by atoms with Crippen LogP contribution in [-0.2, 0) is 5.54 Å². The van der Waals surface area contributed by atoms with E-state index >= 15 is 0 Å². The Balaban J connectivity index is 2.52. The van der Waals surface area contributed by atoms with Crippen LogP contribution < -0.4 is 11.5 Å². The van der Waals surface area contributed by atoms with Crippen LogP contribution in [0.2, 0.25) is 0 Å². The lowest BCUT2D eigenvalue weighted by Gasteiger charge is -2.30. The van der Waals surface area contributed by atoms with Crippen LogP contribution >= 0.6 is 11.8 Å². The van der Waals surface area contributed by atoms with E-state index in [1.807, 2.05) is 6.92 Å². The number of nitrogens with two attached hydrogens (primary N) is 2. The van der Waals surface area contributed by atoms with E-state index in [1.54, 1.807) is 0 Å². The fraction of sp³-hybridized carbons (Fsp3) is 0.333. The number of amidine groups is 1. The first-order valence-corrected chi connectivity index (χ1v) is 6.49. The second-order valence-electron chi connectivity index (χ2n) is 4.38. The van der Waals surface area contributed by atoms with Gasteiger partial charge in [0.1, 0.15) is 5.82 Å². The van der Waals surface area contributed by atoms with Gasteiger partial charge >= 0.3 is 0 Å². The van der Waals surface area contributed by atoms with Crippen LogP contribution in [-0.4, -0.2) is 16.8 Å². The lowest BCUT2D eigenvalue weighted by molar-refractivity contribution is 0.1000. The zero-order valence-electron chi connectivity index (χ0n) is 9.94. The number of halogens is 1. The molecule has 96 valence electrons. The molecule has 1 aromatic rings. The van der Waals surface area contributed by atoms with Gasteiger partial charge < -0.3 is 11.5 Å². The quantitative estimate of drug-likeness (QED) is 0.853. The van der Waals surface area contributed by atoms with Gasteiger partial charge in [-0.25, -0.2) is 4.39 Å². The molecule has 0 fully saturated rings. The first kappa shape index (κ1) is 12.9. The third kappa shape index (κ3) is 2.33. The number of carbonyl (C=O) groups excluding carboxylic acids is 1. The molecule has 0 bridgehead atoms. The van der Waals surface area contributed by atoms with Gasteiger partial charge in [0.05, 0.1) is 5.54 Å². The van der Waals surface area contributed by atoms with Crippen molar-refractivity contribution >= 4 is 22.8 Å². The zero-order valence-corrected chi connectivity index (χ0v) is 10.8. The van der Waals surface area contributed by atoms with Gasteiger partial charge in [0.2, 0.25) is 5.91 Å². The Morgan fingerprint density at radius 2 is 2.28 bits per heavy atom. The molecule has 1 aliphatic heterocycles. The molecule has 1 aliphatic rings. The Morgan fingerprint density at radius 1 is 1.56 bits per heavy atom. The Hall–Kier alpha value is -1.56. The van der Waals surface area contributed by atoms with E-state index in [9.17, 15) is 9.18 Å². The van der Waals surface area contributed by atoms with Gasteiger partial charge in [0, 0.05) is 16.9 Å². The normalized spacial score (nSPS) is 23.6. The number of thioether (sulfide) groups is 1. The van der Waals surface area contributed by atoms with E-state index in [-0.39, 0.29) is 5.56 Å². The van der Waals surface area contributed by atoms with Crippen molar-refractivity contribution in [1.29, 1.82) is 0 Å². The van der Waals surface area contributed by atoms with Gasteiger partial charge in [-0.15, -0.1) is 0 Å². The molecule has 0 unspecified atom stereocenters. The van der Waals surface area contributed by atoms with Crippen molar-refractivity contribution in [1.82, 2.24) is 0 Å². The van der Waals surface area contributed by atoms with Gasteiger partial charge in [0.15, 0.2) is 5.17 Å². The highest BCUT2D eigenvalue weighted by molar-refractivity contribution is 8.13. The molecule has 1 amide bonds. The van der Waals surface area contributed by atoms with Gasteiger partial charge in [0.25, 0.3) is 0 Å². The third-order valence-electron chi connectivity index (χ3n) is 3.03. The number of amides is 1. The van der Waals surface area contributed by atoms with Crippen molar-refractivity contribution in [3.8, 4) is 0 Å². The molecule has 1 heterocycles. The van der Waals surface area contributed by atoms with E-state index in [0.29, 0.717) is 17.2 Å². The van der Waals surface area contributed by atoms with Crippen LogP contribution in [0.15, 0.2) is 23.2 Å². The first-order chi connectivity index (χ1) is 8.42. The number of nitrogens with zero attached hydrogens (tertiary/aromatic N) is 1. The van der Waals surface area contributed by atoms with Gasteiger partial charge in [-0.05, 0) is 31.5 Å². The molecule has 4 N–H and O–H groups in total. The summed E-state index contributed by atoms with van der Waals surface area (Å²) in [4.78, 5) is 15.5. The van der Waals surface area contributed by atoms with E-state index in [2.05, 4.69) is 4.99 Å². The summed E-state index contributed by atoms with van der Waals surface area (Å²) in [7, 11) is 0. The fourth-order valence-corrected chi connectivity index (χ4v) is 2.95. The molecule has 0 saturated carbocycles. The minimum atomic E-state index is -0.731. The monoisotopic (exact) mass is 267 g/mol. The summed E-state index contributed by atoms with van der Waals surface area (Å²) in [6, 6.07) is 4.08. The van der Waals surface area contributed by atoms with E-state index in [1.165, 1.54) is 30.0 Å². The maximum atomic E-state index is 13.9. The average Bonchev–Trinajstić information content (AvgIpc) is 2.28. The van der Waals surface area contributed by atoms with Gasteiger partial charge in [-0.1, -0.05) is 11.8 Å². The Morgan fingerprint density at radius 3 is 2.89 bits per heavy atom. The highest BCUT2D eigenvalue weighted by Crippen LogP contribution is 2.36. The van der Waals surface area contributed by atoms with Crippen molar-refractivity contribution < 1.29 is 9.18 Å². The minimum Gasteiger partial charge on any atom is -0.379 e. The smallest absolute Gasteiger partial charge is 0.248 e. The van der Waals surface area contributed by atoms with E-state index in [0.717, 1.165) is 5.75 Å². The van der Waals surface area contributed by atoms with Crippen molar-refractivity contribution in [2.75, 3.05) is 5.75 Å². The number of hydrogen-bond donors (Lipinski definition) is 2. The number of carbonyl (C=O) groups is 1. The van der Waals surface area contributed by atoms with Crippen LogP contribution in [0.1, 0.15) is 29.3 Å². The molecule has 0 aliphatic carbocycles. The van der Waals surface area contributed by atoms with E-state index < -0.39 is 17.3 Å². The summed E-state index contributed by atoms with van der Waals surface area (Å²) in [5.74, 6) is -0.209. The molecular weight excluding hydrogens is 253 g/mol. The number of hydrogen-bond acceptors (Lipinski definition) is 4. The van der Waals surface area contributed by atoms with Crippen molar-refractivity contribution in [3.05, 3.63) is 35.1 Å². The molecule has 0 aromatic heterocycles. The number of primary amides is 1. The predicted octanol–water partition coefficient (Wildman–Crippen LogP) is 1.59. The van der Waals surface area contributed by atoms with Gasteiger partial charge in [-0.2, -0.15) is 0 Å². The van der Waals surface area contributed by atoms with Crippen molar-refractivity contribution in [2.45, 2.75) is 18.9 Å². The van der Waals surface area contributed by atoms with Crippen LogP contribution in [0, 0.1) is 5.82 Å². The average molecular weight is 267 g/mol. The highest BCUT2D eigenvalue weighted by Gasteiger charge is 2.32. The molecule has 18 heavy (non-hydrogen) atoms. The standard InChI is InChI=1S/C12H14FN3OS/c1-12(4-5-18-11(15)16-12)8-6-7(10(14)17)2-3-9(8)13/h2-3,6H,4-5H2,1H3,(H2,14,17)(H2,15,16)/t12-/m0/s1. The molecular formula is C12H14FN3OS. The maximum absolute atomic E-state index is 13.9. The molecule has 4 nitrogen and oxygen atoms in total. The van der Waals surface area contributed by atoms with Crippen LogP contribution in [0.25, 0.3) is 0 Å². The van der Waals surface area contributed by atoms with Crippen molar-refractivity contribution in [2.24, 2.45) is 16.5 Å². The summed E-state index contributed by atoms with van der Waals surface area (Å²) < 4.78 is 13.9. The van der Waals surface area contributed by atoms with Crippen LogP contribution in [0.5, 0.6) is 0 Å². The lowest BCUT2D eigenvalue weighted by atomic mass is 9.88. The third-order valence-corrected chi connectivity index (χ3v) is 3.82. The topological polar surface area (TPSA) is 81.5 Å². The molecule has 1 atom stereocenters. The maximum Gasteiger partial charge on any atom is 0.248 e. The number of rotatable bonds is 2. The molecule has 6 heteroatoms. The minimum absolute atomic E-state index is 0.277. The molecule has 0 saturated heterocycles. The summed E-state index contributed by atoms with van der Waals surface area (Å²) in [6.07, 6.45) is 0.664. The van der Waals surface area contributed by atoms with E-state index in [4.69, 9.17) is 11.5 Å². The fourth-order valence-electron chi connectivity index (χ4n) is 1.97. The Labute approximate surface area is 109 Å². The predicted molar refractivity (Wildman–Crippen MR) is 71.0 cm³/mol. The lowest BCUT2D eigenvalue weighted by Crippen LogP contribution is -2.30. The summed E-state index contributed by atoms with van der Waals surface area (Å²) in [5.41, 5.74) is 10.8. The summed E-state index contributed by atoms with van der Waals surface area (Å²) in [6.45, 7) is 1.81.